The molecule has 1 amide bonds. The number of rotatable bonds is 7. The number of aromatic nitrogens is 1. The molecular weight excluding hydrogens is 384 g/mol. The maximum atomic E-state index is 11.2. The summed E-state index contributed by atoms with van der Waals surface area (Å²) in [5.41, 5.74) is 3.15. The van der Waals surface area contributed by atoms with Crippen molar-refractivity contribution in [2.75, 3.05) is 0 Å². The number of carbonyl (C=O) groups excluding carboxylic acids is 1. The van der Waals surface area contributed by atoms with Crippen LogP contribution in [0.3, 0.4) is 0 Å². The molecule has 0 aliphatic heterocycles. The van der Waals surface area contributed by atoms with Crippen LogP contribution in [-0.4, -0.2) is 17.0 Å². The van der Waals surface area contributed by atoms with E-state index in [1.807, 2.05) is 64.1 Å². The van der Waals surface area contributed by atoms with Crippen LogP contribution in [-0.2, 0) is 4.79 Å². The van der Waals surface area contributed by atoms with E-state index in [4.69, 9.17) is 9.47 Å². The van der Waals surface area contributed by atoms with Crippen molar-refractivity contribution in [1.29, 1.82) is 0 Å². The van der Waals surface area contributed by atoms with Crippen LogP contribution in [0.4, 0.5) is 0 Å². The van der Waals surface area contributed by atoms with Crippen LogP contribution in [0.5, 0.6) is 16.6 Å². The zero-order valence-corrected chi connectivity index (χ0v) is 18.2. The molecule has 0 saturated heterocycles. The zero-order valence-electron chi connectivity index (χ0n) is 17.4. The molecule has 3 rings (SSSR count). The highest BCUT2D eigenvalue weighted by Gasteiger charge is 2.11. The molecule has 3 aromatic rings. The molecule has 0 bridgehead atoms. The monoisotopic (exact) mass is 410 g/mol. The number of benzene rings is 2. The van der Waals surface area contributed by atoms with Gasteiger partial charge in [0.25, 0.3) is 0 Å². The Morgan fingerprint density at radius 2 is 1.83 bits per heavy atom. The van der Waals surface area contributed by atoms with Gasteiger partial charge in [0.05, 0.1) is 18.3 Å². The fourth-order valence-corrected chi connectivity index (χ4v) is 3.72. The van der Waals surface area contributed by atoms with E-state index in [1.54, 1.807) is 6.20 Å². The van der Waals surface area contributed by atoms with Crippen LogP contribution >= 0.6 is 11.3 Å². The van der Waals surface area contributed by atoms with Crippen LogP contribution in [0.25, 0.3) is 10.6 Å². The molecule has 2 aromatic carbocycles. The fraction of sp³-hybridized carbons (Fsp3) is 0.304. The highest BCUT2D eigenvalue weighted by atomic mass is 32.1. The lowest BCUT2D eigenvalue weighted by molar-refractivity contribution is -0.119. The summed E-state index contributed by atoms with van der Waals surface area (Å²) in [5, 5.41) is 4.49. The summed E-state index contributed by atoms with van der Waals surface area (Å²) >= 11 is 1.50. The van der Waals surface area contributed by atoms with Gasteiger partial charge in [0.2, 0.25) is 11.0 Å². The number of aryl methyl sites for hydroxylation is 1. The van der Waals surface area contributed by atoms with Gasteiger partial charge in [0.15, 0.2) is 0 Å². The number of amides is 1. The summed E-state index contributed by atoms with van der Waals surface area (Å²) in [5.74, 6) is 1.58. The van der Waals surface area contributed by atoms with Crippen molar-refractivity contribution in [3.05, 3.63) is 59.8 Å². The van der Waals surface area contributed by atoms with Crippen molar-refractivity contribution >= 4 is 17.2 Å². The van der Waals surface area contributed by atoms with Crippen LogP contribution in [0.15, 0.2) is 48.7 Å². The van der Waals surface area contributed by atoms with Gasteiger partial charge in [-0.3, -0.25) is 4.79 Å². The second-order valence-corrected chi connectivity index (χ2v) is 8.22. The van der Waals surface area contributed by atoms with Gasteiger partial charge in [-0.05, 0) is 69.2 Å². The summed E-state index contributed by atoms with van der Waals surface area (Å²) in [6, 6.07) is 13.8. The van der Waals surface area contributed by atoms with Gasteiger partial charge in [-0.15, -0.1) is 0 Å². The average Bonchev–Trinajstić information content (AvgIpc) is 3.11. The van der Waals surface area contributed by atoms with Crippen molar-refractivity contribution in [3.8, 4) is 27.1 Å². The van der Waals surface area contributed by atoms with Crippen molar-refractivity contribution < 1.29 is 14.3 Å². The van der Waals surface area contributed by atoms with Gasteiger partial charge < -0.3 is 14.8 Å². The quantitative estimate of drug-likeness (QED) is 0.527. The molecule has 1 unspecified atom stereocenters. The van der Waals surface area contributed by atoms with E-state index in [0.29, 0.717) is 0 Å². The minimum Gasteiger partial charge on any atom is -0.491 e. The summed E-state index contributed by atoms with van der Waals surface area (Å²) < 4.78 is 11.7. The SMILES string of the molecule is CC(=O)NC(C)c1ccc(Oc2cnc(-c3ccc(OC(C)C)c(C)c3)s2)cc1. The summed E-state index contributed by atoms with van der Waals surface area (Å²) in [7, 11) is 0. The minimum absolute atomic E-state index is 0.0394. The maximum absolute atomic E-state index is 11.2. The molecular formula is C23H26N2O3S. The predicted octanol–water partition coefficient (Wildman–Crippen LogP) is 5.90. The Kier molecular flexibility index (Phi) is 6.54. The minimum atomic E-state index is -0.0472. The number of nitrogens with one attached hydrogen (secondary N) is 1. The van der Waals surface area contributed by atoms with Gasteiger partial charge in [0.1, 0.15) is 16.5 Å². The number of ether oxygens (including phenoxy) is 2. The topological polar surface area (TPSA) is 60.5 Å². The van der Waals surface area contributed by atoms with Gasteiger partial charge in [-0.2, -0.15) is 0 Å². The van der Waals surface area contributed by atoms with Gasteiger partial charge >= 0.3 is 0 Å². The smallest absolute Gasteiger partial charge is 0.217 e. The lowest BCUT2D eigenvalue weighted by atomic mass is 10.1. The first kappa shape index (κ1) is 20.9. The molecule has 1 N–H and O–H groups in total. The lowest BCUT2D eigenvalue weighted by Gasteiger charge is -2.13. The van der Waals surface area contributed by atoms with Gasteiger partial charge in [0, 0.05) is 12.5 Å². The summed E-state index contributed by atoms with van der Waals surface area (Å²) in [6.07, 6.45) is 1.88. The Labute approximate surface area is 175 Å². The molecule has 0 saturated carbocycles. The van der Waals surface area contributed by atoms with Crippen LogP contribution in [0.1, 0.15) is 44.9 Å². The molecule has 0 radical (unpaired) electrons. The highest BCUT2D eigenvalue weighted by molar-refractivity contribution is 7.16. The normalized spacial score (nSPS) is 11.9. The molecule has 0 aliphatic carbocycles. The number of thiazole rings is 1. The largest absolute Gasteiger partial charge is 0.491 e. The highest BCUT2D eigenvalue weighted by Crippen LogP contribution is 2.35. The van der Waals surface area contributed by atoms with Crippen LogP contribution in [0.2, 0.25) is 0 Å². The Balaban J connectivity index is 1.69. The molecule has 1 heterocycles. The first-order valence-corrected chi connectivity index (χ1v) is 10.4. The molecule has 0 spiro atoms. The Morgan fingerprint density at radius 3 is 2.45 bits per heavy atom. The maximum Gasteiger partial charge on any atom is 0.217 e. The van der Waals surface area contributed by atoms with E-state index < -0.39 is 0 Å². The summed E-state index contributed by atoms with van der Waals surface area (Å²) in [4.78, 5) is 15.7. The Hall–Kier alpha value is -2.86. The fourth-order valence-electron chi connectivity index (χ4n) is 2.94. The number of hydrogen-bond donors (Lipinski definition) is 1. The first-order chi connectivity index (χ1) is 13.8. The zero-order chi connectivity index (χ0) is 21.0. The molecule has 0 fully saturated rings. The molecule has 29 heavy (non-hydrogen) atoms. The van der Waals surface area contributed by atoms with Crippen molar-refractivity contribution in [1.82, 2.24) is 10.3 Å². The van der Waals surface area contributed by atoms with E-state index in [2.05, 4.69) is 16.4 Å². The number of hydrogen-bond acceptors (Lipinski definition) is 5. The van der Waals surface area contributed by atoms with E-state index in [0.717, 1.165) is 38.3 Å². The third-order valence-electron chi connectivity index (χ3n) is 4.29. The Bertz CT molecular complexity index is 980. The molecule has 0 aliphatic rings. The first-order valence-electron chi connectivity index (χ1n) is 9.60. The third-order valence-corrected chi connectivity index (χ3v) is 5.21. The molecule has 1 atom stereocenters. The standard InChI is InChI=1S/C23H26N2O3S/c1-14(2)27-21-11-8-19(12-15(21)3)23-24-13-22(29-23)28-20-9-6-18(7-10-20)16(4)25-17(5)26/h6-14,16H,1-5H3,(H,25,26). The van der Waals surface area contributed by atoms with Crippen LogP contribution < -0.4 is 14.8 Å². The van der Waals surface area contributed by atoms with E-state index in [9.17, 15) is 4.79 Å². The van der Waals surface area contributed by atoms with Crippen molar-refractivity contribution in [2.24, 2.45) is 0 Å². The number of carbonyl (C=O) groups is 1. The van der Waals surface area contributed by atoms with Crippen LogP contribution in [0, 0.1) is 6.92 Å². The average molecular weight is 411 g/mol. The number of nitrogens with zero attached hydrogens (tertiary/aromatic N) is 1. The van der Waals surface area contributed by atoms with E-state index in [-0.39, 0.29) is 18.1 Å². The van der Waals surface area contributed by atoms with Gasteiger partial charge in [-0.1, -0.05) is 23.5 Å². The van der Waals surface area contributed by atoms with E-state index >= 15 is 0 Å². The van der Waals surface area contributed by atoms with Crippen molar-refractivity contribution in [3.63, 3.8) is 0 Å². The second-order valence-electron chi connectivity index (χ2n) is 7.22. The summed E-state index contributed by atoms with van der Waals surface area (Å²) in [6.45, 7) is 9.54. The second kappa shape index (κ2) is 9.09. The third kappa shape index (κ3) is 5.57. The predicted molar refractivity (Wildman–Crippen MR) is 117 cm³/mol. The lowest BCUT2D eigenvalue weighted by Crippen LogP contribution is -2.23. The Morgan fingerprint density at radius 1 is 1.10 bits per heavy atom. The molecule has 1 aromatic heterocycles. The molecule has 6 heteroatoms. The molecule has 152 valence electrons. The molecule has 5 nitrogen and oxygen atoms in total. The van der Waals surface area contributed by atoms with E-state index in [1.165, 1.54) is 18.3 Å². The van der Waals surface area contributed by atoms with Gasteiger partial charge in [-0.25, -0.2) is 4.98 Å². The van der Waals surface area contributed by atoms with Crippen molar-refractivity contribution in [2.45, 2.75) is 46.8 Å².